The lowest BCUT2D eigenvalue weighted by atomic mass is 10.0. The van der Waals surface area contributed by atoms with Gasteiger partial charge in [-0.05, 0) is 18.8 Å². The van der Waals surface area contributed by atoms with Crippen LogP contribution in [0.1, 0.15) is 32.9 Å². The summed E-state index contributed by atoms with van der Waals surface area (Å²) < 4.78 is 7.18. The van der Waals surface area contributed by atoms with Gasteiger partial charge in [0.05, 0.1) is 6.10 Å². The molecule has 6 nitrogen and oxygen atoms in total. The summed E-state index contributed by atoms with van der Waals surface area (Å²) in [7, 11) is 0. The van der Waals surface area contributed by atoms with Crippen molar-refractivity contribution in [2.45, 2.75) is 39.0 Å². The van der Waals surface area contributed by atoms with Crippen LogP contribution < -0.4 is 11.4 Å². The van der Waals surface area contributed by atoms with Crippen molar-refractivity contribution in [1.29, 1.82) is 0 Å². The standard InChI is InChI=1S/C10H16N4O2/c1-3-7-6(2)4-8(16-7)14-5-12-9(11)13-10(14)15/h5-8H,3-4H2,1-2H3,(H2,11,13,15)/t6-,7+,8?/m0/s1. The van der Waals surface area contributed by atoms with E-state index in [1.165, 1.54) is 10.9 Å². The molecule has 0 aromatic carbocycles. The summed E-state index contributed by atoms with van der Waals surface area (Å²) in [6.07, 6.45) is 3.11. The summed E-state index contributed by atoms with van der Waals surface area (Å²) in [6, 6.07) is 0. The molecule has 0 radical (unpaired) electrons. The number of nitrogen functional groups attached to an aromatic ring is 1. The minimum atomic E-state index is -0.401. The first-order valence-corrected chi connectivity index (χ1v) is 5.48. The molecule has 16 heavy (non-hydrogen) atoms. The van der Waals surface area contributed by atoms with Crippen LogP contribution in [0.3, 0.4) is 0 Å². The van der Waals surface area contributed by atoms with Crippen LogP contribution >= 0.6 is 0 Å². The zero-order valence-corrected chi connectivity index (χ0v) is 9.46. The van der Waals surface area contributed by atoms with Crippen LogP contribution in [0.5, 0.6) is 0 Å². The Balaban J connectivity index is 2.23. The molecule has 1 aliphatic rings. The van der Waals surface area contributed by atoms with E-state index in [0.29, 0.717) is 5.92 Å². The smallest absolute Gasteiger partial charge is 0.354 e. The maximum Gasteiger partial charge on any atom is 0.354 e. The highest BCUT2D eigenvalue weighted by Crippen LogP contribution is 2.33. The molecule has 1 aliphatic heterocycles. The minimum Gasteiger partial charge on any atom is -0.368 e. The SMILES string of the molecule is CC[C@H]1OC(n2cnc(N)nc2=O)C[C@@H]1C. The summed E-state index contributed by atoms with van der Waals surface area (Å²) in [6.45, 7) is 4.20. The van der Waals surface area contributed by atoms with Gasteiger partial charge in [0.15, 0.2) is 0 Å². The van der Waals surface area contributed by atoms with Crippen LogP contribution in [0.25, 0.3) is 0 Å². The maximum absolute atomic E-state index is 11.6. The average molecular weight is 224 g/mol. The molecule has 0 spiro atoms. The second kappa shape index (κ2) is 4.21. The second-order valence-electron chi connectivity index (χ2n) is 4.15. The number of hydrogen-bond donors (Lipinski definition) is 1. The lowest BCUT2D eigenvalue weighted by Crippen LogP contribution is -2.28. The lowest BCUT2D eigenvalue weighted by molar-refractivity contribution is -0.00807. The van der Waals surface area contributed by atoms with Gasteiger partial charge in [-0.1, -0.05) is 13.8 Å². The lowest BCUT2D eigenvalue weighted by Gasteiger charge is -2.14. The van der Waals surface area contributed by atoms with Crippen molar-refractivity contribution in [1.82, 2.24) is 14.5 Å². The fourth-order valence-electron chi connectivity index (χ4n) is 2.09. The Morgan fingerprint density at radius 2 is 2.44 bits per heavy atom. The monoisotopic (exact) mass is 224 g/mol. The van der Waals surface area contributed by atoms with Gasteiger partial charge < -0.3 is 10.5 Å². The molecule has 1 unspecified atom stereocenters. The number of rotatable bonds is 2. The average Bonchev–Trinajstić information content (AvgIpc) is 2.59. The first kappa shape index (κ1) is 11.1. The normalized spacial score (nSPS) is 29.5. The summed E-state index contributed by atoms with van der Waals surface area (Å²) in [5, 5.41) is 0. The zero-order valence-electron chi connectivity index (χ0n) is 9.46. The number of anilines is 1. The summed E-state index contributed by atoms with van der Waals surface area (Å²) >= 11 is 0. The number of hydrogen-bond acceptors (Lipinski definition) is 5. The summed E-state index contributed by atoms with van der Waals surface area (Å²) in [4.78, 5) is 19.0. The molecule has 1 aromatic rings. The van der Waals surface area contributed by atoms with E-state index in [1.54, 1.807) is 0 Å². The highest BCUT2D eigenvalue weighted by molar-refractivity contribution is 5.09. The third-order valence-electron chi connectivity index (χ3n) is 3.00. The van der Waals surface area contributed by atoms with E-state index < -0.39 is 5.69 Å². The molecule has 0 saturated carbocycles. The van der Waals surface area contributed by atoms with Gasteiger partial charge in [0.1, 0.15) is 12.6 Å². The van der Waals surface area contributed by atoms with Gasteiger partial charge in [-0.2, -0.15) is 4.98 Å². The molecule has 2 N–H and O–H groups in total. The van der Waals surface area contributed by atoms with Crippen molar-refractivity contribution in [2.75, 3.05) is 5.73 Å². The quantitative estimate of drug-likeness (QED) is 0.793. The summed E-state index contributed by atoms with van der Waals surface area (Å²) in [5.74, 6) is 0.443. The minimum absolute atomic E-state index is 0.000614. The topological polar surface area (TPSA) is 83.0 Å². The third-order valence-corrected chi connectivity index (χ3v) is 3.00. The Hall–Kier alpha value is -1.43. The van der Waals surface area contributed by atoms with E-state index in [0.717, 1.165) is 12.8 Å². The van der Waals surface area contributed by atoms with Gasteiger partial charge in [-0.25, -0.2) is 9.78 Å². The van der Waals surface area contributed by atoms with Crippen LogP contribution in [0.4, 0.5) is 5.95 Å². The molecule has 2 heterocycles. The van der Waals surface area contributed by atoms with Gasteiger partial charge >= 0.3 is 5.69 Å². The van der Waals surface area contributed by atoms with Crippen LogP contribution in [-0.2, 0) is 4.74 Å². The van der Waals surface area contributed by atoms with Gasteiger partial charge in [0.2, 0.25) is 5.95 Å². The van der Waals surface area contributed by atoms with Gasteiger partial charge in [-0.3, -0.25) is 4.57 Å². The molecule has 6 heteroatoms. The molecular formula is C10H16N4O2. The van der Waals surface area contributed by atoms with E-state index in [4.69, 9.17) is 10.5 Å². The highest BCUT2D eigenvalue weighted by atomic mass is 16.5. The zero-order chi connectivity index (χ0) is 11.7. The maximum atomic E-state index is 11.6. The molecule has 2 rings (SSSR count). The van der Waals surface area contributed by atoms with E-state index >= 15 is 0 Å². The van der Waals surface area contributed by atoms with E-state index in [9.17, 15) is 4.79 Å². The van der Waals surface area contributed by atoms with Crippen LogP contribution in [-0.4, -0.2) is 20.6 Å². The third kappa shape index (κ3) is 1.92. The predicted molar refractivity (Wildman–Crippen MR) is 58.7 cm³/mol. The molecule has 0 aliphatic carbocycles. The molecule has 1 fully saturated rings. The van der Waals surface area contributed by atoms with E-state index in [2.05, 4.69) is 23.8 Å². The highest BCUT2D eigenvalue weighted by Gasteiger charge is 2.32. The van der Waals surface area contributed by atoms with Crippen molar-refractivity contribution >= 4 is 5.95 Å². The molecule has 1 saturated heterocycles. The fraction of sp³-hybridized carbons (Fsp3) is 0.700. The summed E-state index contributed by atoms with van der Waals surface area (Å²) in [5.41, 5.74) is 4.93. The first-order chi connectivity index (χ1) is 7.61. The Bertz CT molecular complexity index is 431. The Kier molecular flexibility index (Phi) is 2.91. The molecule has 3 atom stereocenters. The Morgan fingerprint density at radius 3 is 3.00 bits per heavy atom. The van der Waals surface area contributed by atoms with E-state index in [-0.39, 0.29) is 18.3 Å². The molecule has 0 amide bonds. The second-order valence-corrected chi connectivity index (χ2v) is 4.15. The number of nitrogens with zero attached hydrogens (tertiary/aromatic N) is 3. The predicted octanol–water partition coefficient (Wildman–Crippen LogP) is 0.554. The molecule has 1 aromatic heterocycles. The first-order valence-electron chi connectivity index (χ1n) is 5.48. The van der Waals surface area contributed by atoms with E-state index in [1.807, 2.05) is 0 Å². The van der Waals surface area contributed by atoms with Gasteiger partial charge in [0, 0.05) is 0 Å². The molecule has 88 valence electrons. The van der Waals surface area contributed by atoms with Crippen molar-refractivity contribution in [3.8, 4) is 0 Å². The number of nitrogens with two attached hydrogens (primary N) is 1. The Labute approximate surface area is 93.5 Å². The Morgan fingerprint density at radius 1 is 1.69 bits per heavy atom. The molecular weight excluding hydrogens is 208 g/mol. The largest absolute Gasteiger partial charge is 0.368 e. The van der Waals surface area contributed by atoms with Crippen molar-refractivity contribution < 1.29 is 4.74 Å². The molecule has 0 bridgehead atoms. The van der Waals surface area contributed by atoms with Gasteiger partial charge in [0.25, 0.3) is 0 Å². The van der Waals surface area contributed by atoms with Crippen LogP contribution in [0.2, 0.25) is 0 Å². The van der Waals surface area contributed by atoms with Crippen LogP contribution in [0.15, 0.2) is 11.1 Å². The van der Waals surface area contributed by atoms with Crippen molar-refractivity contribution in [2.24, 2.45) is 5.92 Å². The number of aromatic nitrogens is 3. The van der Waals surface area contributed by atoms with Crippen molar-refractivity contribution in [3.63, 3.8) is 0 Å². The fourth-order valence-corrected chi connectivity index (χ4v) is 2.09. The van der Waals surface area contributed by atoms with Gasteiger partial charge in [-0.15, -0.1) is 0 Å². The van der Waals surface area contributed by atoms with Crippen LogP contribution in [0, 0.1) is 5.92 Å². The van der Waals surface area contributed by atoms with Crippen molar-refractivity contribution in [3.05, 3.63) is 16.8 Å². The number of ether oxygens (including phenoxy) is 1.